The lowest BCUT2D eigenvalue weighted by atomic mass is 10.1. The van der Waals surface area contributed by atoms with E-state index >= 15 is 0 Å². The number of aryl methyl sites for hydroxylation is 2. The molecule has 3 nitrogen and oxygen atoms in total. The van der Waals surface area contributed by atoms with Crippen molar-refractivity contribution in [2.24, 2.45) is 0 Å². The molecule has 0 saturated heterocycles. The van der Waals surface area contributed by atoms with E-state index in [2.05, 4.69) is 28.0 Å². The Kier molecular flexibility index (Phi) is 4.01. The van der Waals surface area contributed by atoms with Gasteiger partial charge in [0.1, 0.15) is 0 Å². The monoisotopic (exact) mass is 314 g/mol. The van der Waals surface area contributed by atoms with E-state index in [4.69, 9.17) is 0 Å². The summed E-state index contributed by atoms with van der Waals surface area (Å²) in [5.41, 5.74) is 2.09. The highest BCUT2D eigenvalue weighted by Crippen LogP contribution is 2.29. The van der Waals surface area contributed by atoms with Crippen molar-refractivity contribution >= 4 is 27.3 Å². The molecule has 0 aromatic carbocycles. The summed E-state index contributed by atoms with van der Waals surface area (Å²) in [6.07, 6.45) is 0.162. The van der Waals surface area contributed by atoms with Crippen LogP contribution in [0.1, 0.15) is 29.3 Å². The maximum absolute atomic E-state index is 10.2. The molecule has 0 fully saturated rings. The summed E-state index contributed by atoms with van der Waals surface area (Å²) < 4.78 is 2.99. The number of thiophene rings is 1. The molecule has 2 heterocycles. The van der Waals surface area contributed by atoms with Gasteiger partial charge in [-0.1, -0.05) is 0 Å². The molecule has 0 spiro atoms. The highest BCUT2D eigenvalue weighted by Gasteiger charge is 2.14. The van der Waals surface area contributed by atoms with E-state index in [0.29, 0.717) is 6.42 Å². The third-order valence-corrected chi connectivity index (χ3v) is 4.33. The van der Waals surface area contributed by atoms with Crippen LogP contribution in [0, 0.1) is 6.92 Å². The standard InChI is InChI=1S/C12H15BrN2OS/c1-3-15-9(6-8(2)14-15)7-10(16)11-4-5-12(13)17-11/h4-6,10,16H,3,7H2,1-2H3. The fourth-order valence-corrected chi connectivity index (χ4v) is 3.25. The molecule has 0 bridgehead atoms. The molecule has 2 aromatic rings. The van der Waals surface area contributed by atoms with Crippen molar-refractivity contribution in [1.29, 1.82) is 0 Å². The molecule has 1 N–H and O–H groups in total. The van der Waals surface area contributed by atoms with E-state index in [9.17, 15) is 5.11 Å². The fraction of sp³-hybridized carbons (Fsp3) is 0.417. The van der Waals surface area contributed by atoms with Crippen molar-refractivity contribution in [2.45, 2.75) is 32.9 Å². The summed E-state index contributed by atoms with van der Waals surface area (Å²) in [6.45, 7) is 4.87. The molecule has 2 aromatic heterocycles. The Morgan fingerprint density at radius 3 is 2.88 bits per heavy atom. The molecule has 92 valence electrons. The minimum absolute atomic E-state index is 0.451. The van der Waals surface area contributed by atoms with Gasteiger partial charge < -0.3 is 5.11 Å². The lowest BCUT2D eigenvalue weighted by Gasteiger charge is -2.09. The van der Waals surface area contributed by atoms with Gasteiger partial charge in [-0.15, -0.1) is 11.3 Å². The van der Waals surface area contributed by atoms with Gasteiger partial charge in [-0.25, -0.2) is 0 Å². The van der Waals surface area contributed by atoms with Crippen molar-refractivity contribution in [3.05, 3.63) is 38.3 Å². The average Bonchev–Trinajstić information content (AvgIpc) is 2.85. The maximum atomic E-state index is 10.2. The Labute approximate surface area is 113 Å². The second-order valence-electron chi connectivity index (χ2n) is 3.95. The minimum Gasteiger partial charge on any atom is -0.387 e. The van der Waals surface area contributed by atoms with Crippen molar-refractivity contribution in [3.8, 4) is 0 Å². The molecule has 0 aliphatic carbocycles. The first-order valence-corrected chi connectivity index (χ1v) is 7.17. The molecule has 1 unspecified atom stereocenters. The molecule has 0 amide bonds. The number of aromatic nitrogens is 2. The number of aliphatic hydroxyl groups is 1. The van der Waals surface area contributed by atoms with Crippen LogP contribution >= 0.6 is 27.3 Å². The first-order valence-electron chi connectivity index (χ1n) is 5.56. The number of nitrogens with zero attached hydrogens (tertiary/aromatic N) is 2. The number of aliphatic hydroxyl groups excluding tert-OH is 1. The molecule has 17 heavy (non-hydrogen) atoms. The number of hydrogen-bond acceptors (Lipinski definition) is 3. The fourth-order valence-electron chi connectivity index (χ4n) is 1.84. The number of hydrogen-bond donors (Lipinski definition) is 1. The van der Waals surface area contributed by atoms with Gasteiger partial charge >= 0.3 is 0 Å². The van der Waals surface area contributed by atoms with Gasteiger partial charge in [0.25, 0.3) is 0 Å². The molecule has 5 heteroatoms. The zero-order valence-electron chi connectivity index (χ0n) is 9.85. The van der Waals surface area contributed by atoms with Crippen molar-refractivity contribution in [3.63, 3.8) is 0 Å². The summed E-state index contributed by atoms with van der Waals surface area (Å²) in [7, 11) is 0. The van der Waals surface area contributed by atoms with Crippen LogP contribution < -0.4 is 0 Å². The summed E-state index contributed by atoms with van der Waals surface area (Å²) >= 11 is 4.98. The molecule has 1 atom stereocenters. The van der Waals surface area contributed by atoms with Crippen LogP contribution in [0.2, 0.25) is 0 Å². The summed E-state index contributed by atoms with van der Waals surface area (Å²) in [5, 5.41) is 14.5. The van der Waals surface area contributed by atoms with E-state index in [1.54, 1.807) is 11.3 Å². The minimum atomic E-state index is -0.451. The highest BCUT2D eigenvalue weighted by molar-refractivity contribution is 9.11. The van der Waals surface area contributed by atoms with Gasteiger partial charge in [0.2, 0.25) is 0 Å². The summed E-state index contributed by atoms with van der Waals surface area (Å²) in [6, 6.07) is 5.96. The van der Waals surface area contributed by atoms with E-state index in [1.165, 1.54) is 0 Å². The van der Waals surface area contributed by atoms with Crippen LogP contribution in [0.4, 0.5) is 0 Å². The van der Waals surface area contributed by atoms with E-state index in [0.717, 1.165) is 26.6 Å². The molecular formula is C12H15BrN2OS. The quantitative estimate of drug-likeness (QED) is 0.940. The number of halogens is 1. The van der Waals surface area contributed by atoms with Crippen LogP contribution in [0.25, 0.3) is 0 Å². The first-order chi connectivity index (χ1) is 8.10. The van der Waals surface area contributed by atoms with Crippen LogP contribution in [0.5, 0.6) is 0 Å². The van der Waals surface area contributed by atoms with Gasteiger partial charge in [0, 0.05) is 23.5 Å². The predicted molar refractivity (Wildman–Crippen MR) is 73.3 cm³/mol. The smallest absolute Gasteiger partial charge is 0.0937 e. The van der Waals surface area contributed by atoms with Gasteiger partial charge in [-0.3, -0.25) is 4.68 Å². The van der Waals surface area contributed by atoms with Gasteiger partial charge in [0.05, 0.1) is 15.6 Å². The predicted octanol–water partition coefficient (Wildman–Crippen LogP) is 3.31. The third kappa shape index (κ3) is 2.97. The van der Waals surface area contributed by atoms with Gasteiger partial charge in [-0.2, -0.15) is 5.10 Å². The van der Waals surface area contributed by atoms with Gasteiger partial charge in [0.15, 0.2) is 0 Å². The SMILES string of the molecule is CCn1nc(C)cc1CC(O)c1ccc(Br)s1. The average molecular weight is 315 g/mol. The van der Waals surface area contributed by atoms with E-state index < -0.39 is 6.10 Å². The molecular weight excluding hydrogens is 300 g/mol. The van der Waals surface area contributed by atoms with E-state index in [-0.39, 0.29) is 0 Å². The highest BCUT2D eigenvalue weighted by atomic mass is 79.9. The Bertz CT molecular complexity index is 506. The lowest BCUT2D eigenvalue weighted by Crippen LogP contribution is -2.07. The Morgan fingerprint density at radius 2 is 2.29 bits per heavy atom. The zero-order chi connectivity index (χ0) is 12.4. The zero-order valence-corrected chi connectivity index (χ0v) is 12.3. The van der Waals surface area contributed by atoms with Crippen LogP contribution in [-0.2, 0) is 13.0 Å². The van der Waals surface area contributed by atoms with Crippen molar-refractivity contribution < 1.29 is 5.11 Å². The largest absolute Gasteiger partial charge is 0.387 e. The third-order valence-electron chi connectivity index (χ3n) is 2.61. The summed E-state index contributed by atoms with van der Waals surface area (Å²) in [5.74, 6) is 0. The van der Waals surface area contributed by atoms with Crippen LogP contribution in [0.3, 0.4) is 0 Å². The van der Waals surface area contributed by atoms with Crippen molar-refractivity contribution in [1.82, 2.24) is 9.78 Å². The van der Waals surface area contributed by atoms with Gasteiger partial charge in [-0.05, 0) is 48.0 Å². The van der Waals surface area contributed by atoms with E-state index in [1.807, 2.05) is 29.8 Å². The van der Waals surface area contributed by atoms with Crippen molar-refractivity contribution in [2.75, 3.05) is 0 Å². The normalized spacial score (nSPS) is 12.9. The summed E-state index contributed by atoms with van der Waals surface area (Å²) in [4.78, 5) is 0.985. The maximum Gasteiger partial charge on any atom is 0.0937 e. The molecule has 0 aliphatic heterocycles. The van der Waals surface area contributed by atoms with Crippen LogP contribution in [0.15, 0.2) is 22.0 Å². The molecule has 2 rings (SSSR count). The Hall–Kier alpha value is -0.650. The topological polar surface area (TPSA) is 38.0 Å². The first kappa shape index (κ1) is 12.8. The molecule has 0 aliphatic rings. The Balaban J connectivity index is 2.14. The Morgan fingerprint density at radius 1 is 1.53 bits per heavy atom. The lowest BCUT2D eigenvalue weighted by molar-refractivity contribution is 0.179. The van der Waals surface area contributed by atoms with Crippen LogP contribution in [-0.4, -0.2) is 14.9 Å². The second-order valence-corrected chi connectivity index (χ2v) is 6.45. The second kappa shape index (κ2) is 5.33. The molecule has 0 radical (unpaired) electrons. The molecule has 0 saturated carbocycles. The number of rotatable bonds is 4.